The number of imide groups is 1. The van der Waals surface area contributed by atoms with Crippen LogP contribution in [0.15, 0.2) is 48.5 Å². The van der Waals surface area contributed by atoms with Gasteiger partial charge in [-0.3, -0.25) is 19.3 Å². The number of nitrogens with one attached hydrogen (secondary N) is 1. The van der Waals surface area contributed by atoms with Gasteiger partial charge in [0.1, 0.15) is 5.82 Å². The van der Waals surface area contributed by atoms with Gasteiger partial charge in [-0.1, -0.05) is 24.3 Å². The van der Waals surface area contributed by atoms with Crippen LogP contribution in [0.3, 0.4) is 0 Å². The van der Waals surface area contributed by atoms with Gasteiger partial charge in [-0.25, -0.2) is 4.39 Å². The van der Waals surface area contributed by atoms with Crippen molar-refractivity contribution in [1.82, 2.24) is 10.2 Å². The van der Waals surface area contributed by atoms with Crippen molar-refractivity contribution >= 4 is 18.2 Å². The normalized spacial score (nSPS) is 24.7. The van der Waals surface area contributed by atoms with Crippen molar-refractivity contribution in [2.45, 2.75) is 24.4 Å². The number of hydrogen-bond acceptors (Lipinski definition) is 3. The summed E-state index contributed by atoms with van der Waals surface area (Å²) in [5.74, 6) is -0.963. The first-order valence-electron chi connectivity index (χ1n) is 8.00. The number of carbonyl (C=O) groups excluding carboxylic acids is 3. The summed E-state index contributed by atoms with van der Waals surface area (Å²) in [4.78, 5) is 37.4. The fourth-order valence-corrected chi connectivity index (χ4v) is 3.79. The molecule has 5 nitrogen and oxygen atoms in total. The quantitative estimate of drug-likeness (QED) is 0.687. The van der Waals surface area contributed by atoms with Crippen LogP contribution < -0.4 is 5.32 Å². The maximum absolute atomic E-state index is 13.2. The Hall–Kier alpha value is -3.02. The lowest BCUT2D eigenvalue weighted by atomic mass is 9.67. The summed E-state index contributed by atoms with van der Waals surface area (Å²) in [7, 11) is 0. The number of amides is 3. The molecule has 1 fully saturated rings. The molecule has 0 unspecified atom stereocenters. The molecule has 126 valence electrons. The average Bonchev–Trinajstić information content (AvgIpc) is 2.83. The zero-order valence-corrected chi connectivity index (χ0v) is 13.2. The molecule has 4 rings (SSSR count). The molecule has 0 saturated heterocycles. The van der Waals surface area contributed by atoms with Crippen LogP contribution in [0.2, 0.25) is 0 Å². The molecule has 0 radical (unpaired) electrons. The minimum Gasteiger partial charge on any atom is -0.349 e. The topological polar surface area (TPSA) is 66.5 Å². The third kappa shape index (κ3) is 2.25. The maximum Gasteiger partial charge on any atom is 0.261 e. The van der Waals surface area contributed by atoms with Crippen molar-refractivity contribution in [2.24, 2.45) is 0 Å². The van der Waals surface area contributed by atoms with Crippen molar-refractivity contribution in [3.05, 3.63) is 71.0 Å². The monoisotopic (exact) mass is 338 g/mol. The second-order valence-corrected chi connectivity index (χ2v) is 6.44. The number of hydrogen-bond donors (Lipinski definition) is 1. The highest BCUT2D eigenvalue weighted by Gasteiger charge is 2.52. The number of rotatable bonds is 4. The Balaban J connectivity index is 1.60. The summed E-state index contributed by atoms with van der Waals surface area (Å²) in [5, 5.41) is 2.78. The summed E-state index contributed by atoms with van der Waals surface area (Å²) < 4.78 is 13.2. The minimum atomic E-state index is -0.685. The van der Waals surface area contributed by atoms with Crippen LogP contribution in [-0.4, -0.2) is 29.2 Å². The first-order chi connectivity index (χ1) is 12.1. The minimum absolute atomic E-state index is 0.301. The molecule has 1 saturated carbocycles. The molecule has 0 atom stereocenters. The predicted octanol–water partition coefficient (Wildman–Crippen LogP) is 2.23. The number of carbonyl (C=O) groups is 3. The molecule has 6 heteroatoms. The summed E-state index contributed by atoms with van der Waals surface area (Å²) in [6.07, 6.45) is 1.41. The predicted molar refractivity (Wildman–Crippen MR) is 87.2 cm³/mol. The van der Waals surface area contributed by atoms with Crippen LogP contribution in [0.5, 0.6) is 0 Å². The van der Waals surface area contributed by atoms with Crippen LogP contribution in [0.25, 0.3) is 0 Å². The molecule has 3 amide bonds. The summed E-state index contributed by atoms with van der Waals surface area (Å²) >= 11 is 0. The van der Waals surface area contributed by atoms with E-state index in [0.29, 0.717) is 30.4 Å². The molecule has 0 aromatic heterocycles. The van der Waals surface area contributed by atoms with Crippen molar-refractivity contribution in [3.63, 3.8) is 0 Å². The molecule has 0 bridgehead atoms. The van der Waals surface area contributed by atoms with Crippen molar-refractivity contribution in [3.8, 4) is 0 Å². The molecule has 2 aromatic rings. The number of halogens is 1. The van der Waals surface area contributed by atoms with E-state index in [1.165, 1.54) is 17.0 Å². The summed E-state index contributed by atoms with van der Waals surface area (Å²) in [5.41, 5.74) is 0.897. The van der Waals surface area contributed by atoms with Crippen LogP contribution in [0.4, 0.5) is 4.39 Å². The number of fused-ring (bicyclic) bond motifs is 1. The standard InChI is InChI=1S/C19H15FN2O3/c20-13-7-5-12(6-8-13)19(21-11-23)9-14(10-19)22-17(24)15-3-1-2-4-16(15)18(22)25/h1-8,11,14H,9-10H2,(H,21,23)/t14-,19-. The lowest BCUT2D eigenvalue weighted by Crippen LogP contribution is -2.61. The smallest absolute Gasteiger partial charge is 0.261 e. The van der Waals surface area contributed by atoms with Gasteiger partial charge < -0.3 is 5.32 Å². The van der Waals surface area contributed by atoms with E-state index >= 15 is 0 Å². The Morgan fingerprint density at radius 3 is 2.08 bits per heavy atom. The molecular weight excluding hydrogens is 323 g/mol. The van der Waals surface area contributed by atoms with Gasteiger partial charge in [-0.05, 0) is 42.7 Å². The highest BCUT2D eigenvalue weighted by Crippen LogP contribution is 2.45. The van der Waals surface area contributed by atoms with E-state index < -0.39 is 5.54 Å². The van der Waals surface area contributed by atoms with Crippen LogP contribution >= 0.6 is 0 Å². The second-order valence-electron chi connectivity index (χ2n) is 6.44. The third-order valence-electron chi connectivity index (χ3n) is 5.09. The van der Waals surface area contributed by atoms with Crippen LogP contribution in [0, 0.1) is 5.82 Å². The van der Waals surface area contributed by atoms with E-state index in [1.54, 1.807) is 36.4 Å². The zero-order valence-electron chi connectivity index (χ0n) is 13.2. The Morgan fingerprint density at radius 2 is 1.56 bits per heavy atom. The van der Waals surface area contributed by atoms with Gasteiger partial charge in [-0.2, -0.15) is 0 Å². The van der Waals surface area contributed by atoms with Crippen molar-refractivity contribution < 1.29 is 18.8 Å². The van der Waals surface area contributed by atoms with Gasteiger partial charge in [0, 0.05) is 6.04 Å². The average molecular weight is 338 g/mol. The van der Waals surface area contributed by atoms with E-state index in [4.69, 9.17) is 0 Å². The van der Waals surface area contributed by atoms with Gasteiger partial charge >= 0.3 is 0 Å². The molecule has 2 aromatic carbocycles. The molecule has 1 aliphatic heterocycles. The van der Waals surface area contributed by atoms with E-state index in [1.807, 2.05) is 0 Å². The Bertz CT molecular complexity index is 837. The number of nitrogens with zero attached hydrogens (tertiary/aromatic N) is 1. The Kier molecular flexibility index (Phi) is 3.42. The SMILES string of the molecule is O=CN[C@]1(c2ccc(F)cc2)C[C@@H](N2C(=O)c3ccccc3C2=O)C1. The zero-order chi connectivity index (χ0) is 17.6. The fourth-order valence-electron chi connectivity index (χ4n) is 3.79. The molecule has 25 heavy (non-hydrogen) atoms. The van der Waals surface area contributed by atoms with Crippen LogP contribution in [-0.2, 0) is 10.3 Å². The van der Waals surface area contributed by atoms with E-state index in [-0.39, 0.29) is 23.7 Å². The molecular formula is C19H15FN2O3. The lowest BCUT2D eigenvalue weighted by Gasteiger charge is -2.50. The molecule has 0 spiro atoms. The van der Waals surface area contributed by atoms with Gasteiger partial charge in [0.25, 0.3) is 11.8 Å². The van der Waals surface area contributed by atoms with Crippen molar-refractivity contribution in [1.29, 1.82) is 0 Å². The first kappa shape index (κ1) is 15.5. The van der Waals surface area contributed by atoms with Gasteiger partial charge in [0.15, 0.2) is 0 Å². The molecule has 1 aliphatic carbocycles. The lowest BCUT2D eigenvalue weighted by molar-refractivity contribution is -0.113. The van der Waals surface area contributed by atoms with E-state index in [2.05, 4.69) is 5.32 Å². The van der Waals surface area contributed by atoms with Gasteiger partial charge in [0.05, 0.1) is 16.7 Å². The molecule has 2 aliphatic rings. The summed E-state index contributed by atoms with van der Waals surface area (Å²) in [6, 6.07) is 12.3. The van der Waals surface area contributed by atoms with Gasteiger partial charge in [-0.15, -0.1) is 0 Å². The van der Waals surface area contributed by atoms with Gasteiger partial charge in [0.2, 0.25) is 6.41 Å². The highest BCUT2D eigenvalue weighted by atomic mass is 19.1. The fraction of sp³-hybridized carbons (Fsp3) is 0.211. The van der Waals surface area contributed by atoms with Crippen molar-refractivity contribution in [2.75, 3.05) is 0 Å². The van der Waals surface area contributed by atoms with Crippen LogP contribution in [0.1, 0.15) is 39.1 Å². The van der Waals surface area contributed by atoms with E-state index in [9.17, 15) is 18.8 Å². The summed E-state index contributed by atoms with van der Waals surface area (Å²) in [6.45, 7) is 0. The number of benzene rings is 2. The molecule has 1 N–H and O–H groups in total. The maximum atomic E-state index is 13.2. The largest absolute Gasteiger partial charge is 0.349 e. The highest BCUT2D eigenvalue weighted by molar-refractivity contribution is 6.21. The Labute approximate surface area is 143 Å². The molecule has 1 heterocycles. The second kappa shape index (κ2) is 5.51. The third-order valence-corrected chi connectivity index (χ3v) is 5.09. The Morgan fingerprint density at radius 1 is 1.00 bits per heavy atom. The first-order valence-corrected chi connectivity index (χ1v) is 8.00. The van der Waals surface area contributed by atoms with E-state index in [0.717, 1.165) is 5.56 Å².